The topological polar surface area (TPSA) is 38.3 Å². The molecule has 1 rings (SSSR count). The molecule has 106 valence electrons. The number of carbonyl (C=O) groups is 1. The Bertz CT molecular complexity index is 378. The third-order valence-electron chi connectivity index (χ3n) is 2.79. The highest BCUT2D eigenvalue weighted by molar-refractivity contribution is 7.99. The average molecular weight is 281 g/mol. The molecule has 3 nitrogen and oxygen atoms in total. The van der Waals surface area contributed by atoms with Crippen molar-refractivity contribution in [3.63, 3.8) is 0 Å². The van der Waals surface area contributed by atoms with Crippen LogP contribution in [0.4, 0.5) is 0 Å². The van der Waals surface area contributed by atoms with Crippen LogP contribution in [0.3, 0.4) is 0 Å². The fraction of sp³-hybridized carbons (Fsp3) is 0.533. The van der Waals surface area contributed by atoms with Gasteiger partial charge in [-0.1, -0.05) is 25.5 Å². The zero-order valence-corrected chi connectivity index (χ0v) is 12.8. The molecule has 0 aliphatic heterocycles. The molecule has 1 N–H and O–H groups in total. The SMILES string of the molecule is CCC[C@@H](C)NC(=O)CSCc1ccc(OC)cc1. The van der Waals surface area contributed by atoms with Crippen molar-refractivity contribution in [2.75, 3.05) is 12.9 Å². The number of thioether (sulfide) groups is 1. The molecule has 19 heavy (non-hydrogen) atoms. The van der Waals surface area contributed by atoms with Gasteiger partial charge in [-0.05, 0) is 31.0 Å². The van der Waals surface area contributed by atoms with Crippen LogP contribution >= 0.6 is 11.8 Å². The second kappa shape index (κ2) is 8.86. The zero-order valence-electron chi connectivity index (χ0n) is 11.9. The first-order valence-corrected chi connectivity index (χ1v) is 7.81. The predicted octanol–water partition coefficient (Wildman–Crippen LogP) is 3.23. The monoisotopic (exact) mass is 281 g/mol. The lowest BCUT2D eigenvalue weighted by Crippen LogP contribution is -2.33. The van der Waals surface area contributed by atoms with Crippen LogP contribution < -0.4 is 10.1 Å². The molecule has 0 radical (unpaired) electrons. The molecule has 0 unspecified atom stereocenters. The van der Waals surface area contributed by atoms with E-state index in [1.165, 1.54) is 5.56 Å². The first-order chi connectivity index (χ1) is 9.15. The summed E-state index contributed by atoms with van der Waals surface area (Å²) in [6.07, 6.45) is 2.13. The van der Waals surface area contributed by atoms with Crippen molar-refractivity contribution in [1.29, 1.82) is 0 Å². The van der Waals surface area contributed by atoms with Crippen molar-refractivity contribution in [3.8, 4) is 5.75 Å². The first-order valence-electron chi connectivity index (χ1n) is 6.65. The van der Waals surface area contributed by atoms with Crippen molar-refractivity contribution >= 4 is 17.7 Å². The lowest BCUT2D eigenvalue weighted by atomic mass is 10.2. The normalized spacial score (nSPS) is 11.9. The Morgan fingerprint density at radius 2 is 2.05 bits per heavy atom. The molecule has 0 spiro atoms. The van der Waals surface area contributed by atoms with Crippen molar-refractivity contribution in [3.05, 3.63) is 29.8 Å². The standard InChI is InChI=1S/C15H23NO2S/c1-4-5-12(2)16-15(17)11-19-10-13-6-8-14(18-3)9-7-13/h6-9,12H,4-5,10-11H2,1-3H3,(H,16,17)/t12-/m1/s1. The Morgan fingerprint density at radius 1 is 1.37 bits per heavy atom. The van der Waals surface area contributed by atoms with E-state index >= 15 is 0 Å². The van der Waals surface area contributed by atoms with Crippen LogP contribution in [0.2, 0.25) is 0 Å². The summed E-state index contributed by atoms with van der Waals surface area (Å²) in [6.45, 7) is 4.18. The Kier molecular flexibility index (Phi) is 7.41. The summed E-state index contributed by atoms with van der Waals surface area (Å²) in [5.74, 6) is 2.35. The second-order valence-electron chi connectivity index (χ2n) is 4.60. The van der Waals surface area contributed by atoms with Gasteiger partial charge in [-0.15, -0.1) is 11.8 Å². The molecule has 0 aliphatic rings. The second-order valence-corrected chi connectivity index (χ2v) is 5.58. The van der Waals surface area contributed by atoms with E-state index in [2.05, 4.69) is 19.2 Å². The quantitative estimate of drug-likeness (QED) is 0.795. The highest BCUT2D eigenvalue weighted by Crippen LogP contribution is 2.16. The lowest BCUT2D eigenvalue weighted by Gasteiger charge is -2.12. The molecule has 0 aliphatic carbocycles. The van der Waals surface area contributed by atoms with E-state index in [0.717, 1.165) is 24.3 Å². The van der Waals surface area contributed by atoms with Crippen LogP contribution in [0, 0.1) is 0 Å². The summed E-state index contributed by atoms with van der Waals surface area (Å²) >= 11 is 1.64. The minimum atomic E-state index is 0.125. The van der Waals surface area contributed by atoms with Gasteiger partial charge in [0.25, 0.3) is 0 Å². The largest absolute Gasteiger partial charge is 0.497 e. The molecule has 1 aromatic rings. The van der Waals surface area contributed by atoms with Crippen LogP contribution in [0.25, 0.3) is 0 Å². The van der Waals surface area contributed by atoms with Gasteiger partial charge < -0.3 is 10.1 Å². The Balaban J connectivity index is 2.23. The van der Waals surface area contributed by atoms with E-state index in [1.807, 2.05) is 24.3 Å². The van der Waals surface area contributed by atoms with E-state index in [9.17, 15) is 4.79 Å². The van der Waals surface area contributed by atoms with Crippen LogP contribution in [0.15, 0.2) is 24.3 Å². The van der Waals surface area contributed by atoms with Gasteiger partial charge in [0.2, 0.25) is 5.91 Å². The number of ether oxygens (including phenoxy) is 1. The van der Waals surface area contributed by atoms with Gasteiger partial charge in [-0.2, -0.15) is 0 Å². The Morgan fingerprint density at radius 3 is 2.63 bits per heavy atom. The molecule has 1 amide bonds. The third-order valence-corrected chi connectivity index (χ3v) is 3.79. The predicted molar refractivity (Wildman–Crippen MR) is 81.7 cm³/mol. The van der Waals surface area contributed by atoms with Gasteiger partial charge in [0, 0.05) is 11.8 Å². The van der Waals surface area contributed by atoms with E-state index < -0.39 is 0 Å². The highest BCUT2D eigenvalue weighted by atomic mass is 32.2. The van der Waals surface area contributed by atoms with E-state index in [1.54, 1.807) is 18.9 Å². The molecule has 4 heteroatoms. The van der Waals surface area contributed by atoms with Gasteiger partial charge in [-0.3, -0.25) is 4.79 Å². The van der Waals surface area contributed by atoms with E-state index in [4.69, 9.17) is 4.74 Å². The van der Waals surface area contributed by atoms with Gasteiger partial charge in [-0.25, -0.2) is 0 Å². The highest BCUT2D eigenvalue weighted by Gasteiger charge is 2.06. The molecule has 0 heterocycles. The molecule has 0 fully saturated rings. The molecule has 1 atom stereocenters. The molecular formula is C15H23NO2S. The lowest BCUT2D eigenvalue weighted by molar-refractivity contribution is -0.119. The average Bonchev–Trinajstić information content (AvgIpc) is 2.39. The summed E-state index contributed by atoms with van der Waals surface area (Å²) in [7, 11) is 1.66. The summed E-state index contributed by atoms with van der Waals surface area (Å²) in [6, 6.07) is 8.23. The van der Waals surface area contributed by atoms with Gasteiger partial charge in [0.1, 0.15) is 5.75 Å². The minimum Gasteiger partial charge on any atom is -0.497 e. The van der Waals surface area contributed by atoms with Crippen molar-refractivity contribution in [1.82, 2.24) is 5.32 Å². The Hall–Kier alpha value is -1.16. The van der Waals surface area contributed by atoms with Gasteiger partial charge in [0.15, 0.2) is 0 Å². The summed E-state index contributed by atoms with van der Waals surface area (Å²) in [5, 5.41) is 3.01. The maximum absolute atomic E-state index is 11.7. The third kappa shape index (κ3) is 6.53. The minimum absolute atomic E-state index is 0.125. The maximum atomic E-state index is 11.7. The van der Waals surface area contributed by atoms with Crippen molar-refractivity contribution in [2.24, 2.45) is 0 Å². The number of carbonyl (C=O) groups excluding carboxylic acids is 1. The number of hydrogen-bond donors (Lipinski definition) is 1. The molecule has 0 saturated carbocycles. The van der Waals surface area contributed by atoms with Crippen LogP contribution in [0.1, 0.15) is 32.3 Å². The fourth-order valence-electron chi connectivity index (χ4n) is 1.81. The Labute approximate surface area is 120 Å². The van der Waals surface area contributed by atoms with Crippen molar-refractivity contribution in [2.45, 2.75) is 38.5 Å². The number of methoxy groups -OCH3 is 1. The number of hydrogen-bond acceptors (Lipinski definition) is 3. The molecule has 0 bridgehead atoms. The summed E-state index contributed by atoms with van der Waals surface area (Å²) < 4.78 is 5.11. The van der Waals surface area contributed by atoms with Crippen molar-refractivity contribution < 1.29 is 9.53 Å². The van der Waals surface area contributed by atoms with Crippen LogP contribution in [0.5, 0.6) is 5.75 Å². The van der Waals surface area contributed by atoms with E-state index in [-0.39, 0.29) is 11.9 Å². The first kappa shape index (κ1) is 15.9. The van der Waals surface area contributed by atoms with Gasteiger partial charge in [0.05, 0.1) is 12.9 Å². The van der Waals surface area contributed by atoms with Gasteiger partial charge >= 0.3 is 0 Å². The number of benzene rings is 1. The number of amides is 1. The summed E-state index contributed by atoms with van der Waals surface area (Å²) in [4.78, 5) is 11.7. The van der Waals surface area contributed by atoms with Crippen LogP contribution in [-0.4, -0.2) is 24.8 Å². The number of nitrogens with one attached hydrogen (secondary N) is 1. The summed E-state index contributed by atoms with van der Waals surface area (Å²) in [5.41, 5.74) is 1.21. The van der Waals surface area contributed by atoms with Crippen LogP contribution in [-0.2, 0) is 10.5 Å². The molecular weight excluding hydrogens is 258 g/mol. The molecule has 0 aromatic heterocycles. The number of rotatable bonds is 8. The van der Waals surface area contributed by atoms with E-state index in [0.29, 0.717) is 5.75 Å². The zero-order chi connectivity index (χ0) is 14.1. The molecule has 1 aromatic carbocycles. The smallest absolute Gasteiger partial charge is 0.230 e. The maximum Gasteiger partial charge on any atom is 0.230 e. The fourth-order valence-corrected chi connectivity index (χ4v) is 2.60. The molecule has 0 saturated heterocycles.